The molecule has 3 aliphatic rings. The Balaban J connectivity index is 1.54. The van der Waals surface area contributed by atoms with Crippen molar-refractivity contribution in [2.24, 2.45) is 22.2 Å². The van der Waals surface area contributed by atoms with E-state index in [0.717, 1.165) is 50.4 Å². The molecule has 0 N–H and O–H groups in total. The van der Waals surface area contributed by atoms with Crippen LogP contribution < -0.4 is 0 Å². The van der Waals surface area contributed by atoms with Gasteiger partial charge in [0.25, 0.3) is 0 Å². The van der Waals surface area contributed by atoms with Crippen molar-refractivity contribution in [2.45, 2.75) is 90.0 Å². The molecule has 2 aliphatic heterocycles. The first-order valence-corrected chi connectivity index (χ1v) is 17.9. The van der Waals surface area contributed by atoms with Gasteiger partial charge in [0, 0.05) is 31.4 Å². The number of hydrogen-bond acceptors (Lipinski definition) is 5. The van der Waals surface area contributed by atoms with Crippen molar-refractivity contribution in [2.75, 3.05) is 20.3 Å². The van der Waals surface area contributed by atoms with Crippen LogP contribution in [0.5, 0.6) is 0 Å². The zero-order valence-electron chi connectivity index (χ0n) is 25.8. The van der Waals surface area contributed by atoms with E-state index in [2.05, 4.69) is 107 Å². The number of para-hydroxylation sites is 1. The number of nitrogens with zero attached hydrogens (tertiary/aromatic N) is 2. The molecule has 4 atom stereocenters. The summed E-state index contributed by atoms with van der Waals surface area (Å²) >= 11 is 0. The number of rotatable bonds is 8. The molecule has 0 bridgehead atoms. The summed E-state index contributed by atoms with van der Waals surface area (Å²) in [5.74, 6) is -0.155. The number of fused-ring (bicyclic) bond motifs is 1. The van der Waals surface area contributed by atoms with Crippen molar-refractivity contribution in [3.05, 3.63) is 65.7 Å². The highest BCUT2D eigenvalue weighted by atomic mass is 28.4. The number of methoxy groups -OCH3 is 1. The van der Waals surface area contributed by atoms with E-state index >= 15 is 0 Å². The van der Waals surface area contributed by atoms with Gasteiger partial charge in [-0.3, -0.25) is 14.7 Å². The molecule has 5 rings (SSSR count). The summed E-state index contributed by atoms with van der Waals surface area (Å²) in [5, 5.41) is 0.171. The Hall–Kier alpha value is -2.28. The molecule has 2 aromatic rings. The molecule has 2 aromatic carbocycles. The Morgan fingerprint density at radius 3 is 2.40 bits per heavy atom. The van der Waals surface area contributed by atoms with Crippen molar-refractivity contribution in [1.82, 2.24) is 4.90 Å². The largest absolute Gasteiger partial charge is 0.469 e. The molecule has 1 saturated heterocycles. The van der Waals surface area contributed by atoms with Gasteiger partial charge in [-0.15, -0.1) is 0 Å². The number of aliphatic imine (C=N–C) groups is 1. The molecule has 2 fully saturated rings. The average molecular weight is 561 g/mol. The van der Waals surface area contributed by atoms with Gasteiger partial charge in [0.2, 0.25) is 0 Å². The lowest BCUT2D eigenvalue weighted by molar-refractivity contribution is -0.144. The van der Waals surface area contributed by atoms with Crippen molar-refractivity contribution >= 4 is 25.7 Å². The summed E-state index contributed by atoms with van der Waals surface area (Å²) in [4.78, 5) is 21.2. The first-order chi connectivity index (χ1) is 18.8. The number of hydrogen-bond donors (Lipinski definition) is 0. The van der Waals surface area contributed by atoms with Crippen LogP contribution in [0.1, 0.15) is 65.0 Å². The summed E-state index contributed by atoms with van der Waals surface area (Å²) in [6.45, 7) is 18.9. The molecule has 0 radical (unpaired) electrons. The second-order valence-electron chi connectivity index (χ2n) is 14.6. The lowest BCUT2D eigenvalue weighted by Crippen LogP contribution is -2.58. The van der Waals surface area contributed by atoms with Gasteiger partial charge in [-0.05, 0) is 65.9 Å². The molecule has 216 valence electrons. The summed E-state index contributed by atoms with van der Waals surface area (Å²) in [5.41, 5.74) is 4.39. The quantitative estimate of drug-likeness (QED) is 0.247. The van der Waals surface area contributed by atoms with E-state index in [1.165, 1.54) is 18.2 Å². The maximum atomic E-state index is 13.4. The van der Waals surface area contributed by atoms with Crippen molar-refractivity contribution in [3.8, 4) is 0 Å². The summed E-state index contributed by atoms with van der Waals surface area (Å²) < 4.78 is 12.2. The highest BCUT2D eigenvalue weighted by Crippen LogP contribution is 2.59. The van der Waals surface area contributed by atoms with E-state index in [1.54, 1.807) is 0 Å². The van der Waals surface area contributed by atoms with Gasteiger partial charge in [-0.1, -0.05) is 83.1 Å². The number of carbonyl (C=O) groups excluding carboxylic acids is 1. The Morgan fingerprint density at radius 1 is 1.05 bits per heavy atom. The van der Waals surface area contributed by atoms with Crippen LogP contribution in [0.3, 0.4) is 0 Å². The highest BCUT2D eigenvalue weighted by molar-refractivity contribution is 6.74. The van der Waals surface area contributed by atoms with E-state index in [1.807, 2.05) is 0 Å². The van der Waals surface area contributed by atoms with Crippen LogP contribution in [0.25, 0.3) is 0 Å². The number of carbonyl (C=O) groups is 1. The van der Waals surface area contributed by atoms with Gasteiger partial charge >= 0.3 is 5.97 Å². The van der Waals surface area contributed by atoms with Crippen LogP contribution in [-0.2, 0) is 25.9 Å². The Bertz CT molecular complexity index is 1270. The van der Waals surface area contributed by atoms with Crippen LogP contribution in [0.4, 0.5) is 5.69 Å². The molecule has 1 aliphatic carbocycles. The minimum atomic E-state index is -1.88. The number of likely N-dealkylation sites (tertiary alicyclic amines) is 1. The Kier molecular flexibility index (Phi) is 7.69. The molecule has 5 nitrogen and oxygen atoms in total. The minimum Gasteiger partial charge on any atom is -0.469 e. The van der Waals surface area contributed by atoms with Gasteiger partial charge in [-0.2, -0.15) is 0 Å². The second-order valence-corrected chi connectivity index (χ2v) is 19.4. The standard InChI is InChI=1S/C34H48N2O3Si/c1-32(2,3)40(7,8)39-23-33(4,5)21-25-20-26(31(37)38-6)29-34(27-16-12-13-17-28(27)35-29)18-19-36(30(25)34)22-24-14-10-9-11-15-24/h9-17,25-26,30H,18-23H2,1-8H3. The van der Waals surface area contributed by atoms with Crippen molar-refractivity contribution < 1.29 is 14.0 Å². The normalized spacial score (nSPS) is 26.6. The van der Waals surface area contributed by atoms with Crippen molar-refractivity contribution in [3.63, 3.8) is 0 Å². The van der Waals surface area contributed by atoms with E-state index in [9.17, 15) is 4.79 Å². The number of ether oxygens (including phenoxy) is 1. The molecule has 1 spiro atoms. The lowest BCUT2D eigenvalue weighted by atomic mass is 9.57. The maximum Gasteiger partial charge on any atom is 0.314 e. The SMILES string of the molecule is COC(=O)C1CC(CC(C)(C)CO[Si](C)(C)C(C)(C)C)C2N(Cc3ccccc3)CCC23C1=Nc1ccccc13. The van der Waals surface area contributed by atoms with Crippen LogP contribution in [0.15, 0.2) is 59.6 Å². The van der Waals surface area contributed by atoms with Crippen LogP contribution in [-0.4, -0.2) is 51.2 Å². The summed E-state index contributed by atoms with van der Waals surface area (Å²) in [7, 11) is -0.362. The number of benzene rings is 2. The fourth-order valence-corrected chi connectivity index (χ4v) is 8.53. The monoisotopic (exact) mass is 560 g/mol. The zero-order valence-corrected chi connectivity index (χ0v) is 26.8. The number of esters is 1. The van der Waals surface area contributed by atoms with E-state index < -0.39 is 8.32 Å². The summed E-state index contributed by atoms with van der Waals surface area (Å²) in [6, 6.07) is 19.7. The fraction of sp³-hybridized carbons (Fsp3) is 0.588. The van der Waals surface area contributed by atoms with Gasteiger partial charge in [0.15, 0.2) is 8.32 Å². The fourth-order valence-electron chi connectivity index (χ4n) is 7.34. The average Bonchev–Trinajstić information content (AvgIpc) is 3.45. The molecular formula is C34H48N2O3Si. The summed E-state index contributed by atoms with van der Waals surface area (Å²) in [6.07, 6.45) is 2.73. The van der Waals surface area contributed by atoms with E-state index in [0.29, 0.717) is 5.92 Å². The third-order valence-electron chi connectivity index (χ3n) is 10.2. The van der Waals surface area contributed by atoms with Gasteiger partial charge < -0.3 is 9.16 Å². The maximum absolute atomic E-state index is 13.4. The molecule has 6 heteroatoms. The van der Waals surface area contributed by atoms with Gasteiger partial charge in [-0.25, -0.2) is 0 Å². The van der Waals surface area contributed by atoms with E-state index in [-0.39, 0.29) is 33.8 Å². The highest BCUT2D eigenvalue weighted by Gasteiger charge is 2.63. The topological polar surface area (TPSA) is 51.1 Å². The van der Waals surface area contributed by atoms with Gasteiger partial charge in [0.05, 0.1) is 24.1 Å². The molecule has 2 heterocycles. The Labute approximate surface area is 242 Å². The molecular weight excluding hydrogens is 512 g/mol. The smallest absolute Gasteiger partial charge is 0.314 e. The molecule has 0 amide bonds. The first kappa shape index (κ1) is 29.2. The Morgan fingerprint density at radius 2 is 1.73 bits per heavy atom. The third kappa shape index (κ3) is 5.12. The second kappa shape index (κ2) is 10.5. The minimum absolute atomic E-state index is 0.0319. The predicted octanol–water partition coefficient (Wildman–Crippen LogP) is 7.53. The zero-order chi connectivity index (χ0) is 28.9. The third-order valence-corrected chi connectivity index (χ3v) is 14.7. The van der Waals surface area contributed by atoms with Crippen LogP contribution in [0, 0.1) is 17.3 Å². The molecule has 0 aromatic heterocycles. The van der Waals surface area contributed by atoms with Crippen LogP contribution in [0.2, 0.25) is 18.1 Å². The lowest BCUT2D eigenvalue weighted by Gasteiger charge is -2.50. The van der Waals surface area contributed by atoms with E-state index in [4.69, 9.17) is 14.2 Å². The molecule has 4 unspecified atom stereocenters. The predicted molar refractivity (Wildman–Crippen MR) is 166 cm³/mol. The first-order valence-electron chi connectivity index (χ1n) is 15.0. The molecule has 40 heavy (non-hydrogen) atoms. The van der Waals surface area contributed by atoms with Gasteiger partial charge in [0.1, 0.15) is 0 Å². The molecule has 1 saturated carbocycles. The van der Waals surface area contributed by atoms with Crippen LogP contribution >= 0.6 is 0 Å². The van der Waals surface area contributed by atoms with Crippen molar-refractivity contribution in [1.29, 1.82) is 0 Å².